The highest BCUT2D eigenvalue weighted by Crippen LogP contribution is 2.28. The molecule has 0 radical (unpaired) electrons. The van der Waals surface area contributed by atoms with E-state index < -0.39 is 9.84 Å². The summed E-state index contributed by atoms with van der Waals surface area (Å²) in [4.78, 5) is 0. The van der Waals surface area contributed by atoms with Crippen LogP contribution >= 0.6 is 0 Å². The van der Waals surface area contributed by atoms with Crippen molar-refractivity contribution in [2.45, 2.75) is 39.8 Å². The number of halogens is 1. The molecule has 7 nitrogen and oxygen atoms in total. The summed E-state index contributed by atoms with van der Waals surface area (Å²) < 4.78 is 40.6. The van der Waals surface area contributed by atoms with Gasteiger partial charge < -0.3 is 5.32 Å². The second kappa shape index (κ2) is 7.29. The van der Waals surface area contributed by atoms with Gasteiger partial charge >= 0.3 is 0 Å². The van der Waals surface area contributed by atoms with Crippen LogP contribution in [0.1, 0.15) is 35.1 Å². The number of anilines is 1. The van der Waals surface area contributed by atoms with Gasteiger partial charge in [-0.2, -0.15) is 10.2 Å². The van der Waals surface area contributed by atoms with Crippen LogP contribution in [-0.2, 0) is 16.4 Å². The van der Waals surface area contributed by atoms with E-state index in [1.807, 2.05) is 26.8 Å². The molecule has 3 heterocycles. The van der Waals surface area contributed by atoms with E-state index >= 15 is 0 Å². The van der Waals surface area contributed by atoms with Crippen LogP contribution in [0.2, 0.25) is 0 Å². The molecular formula is C20H24FN5O2S. The highest BCUT2D eigenvalue weighted by atomic mass is 32.2. The first kappa shape index (κ1) is 19.6. The molecule has 0 saturated carbocycles. The van der Waals surface area contributed by atoms with Crippen LogP contribution in [0, 0.1) is 26.6 Å². The number of aromatic nitrogens is 4. The number of nitrogens with zero attached hydrogens (tertiary/aromatic N) is 4. The second-order valence-corrected chi connectivity index (χ2v) is 9.79. The summed E-state index contributed by atoms with van der Waals surface area (Å²) in [6, 6.07) is 8.03. The van der Waals surface area contributed by atoms with Gasteiger partial charge in [-0.1, -0.05) is 0 Å². The lowest BCUT2D eigenvalue weighted by Gasteiger charge is -2.14. The van der Waals surface area contributed by atoms with Gasteiger partial charge in [0.15, 0.2) is 9.84 Å². The molecule has 1 aliphatic rings. The van der Waals surface area contributed by atoms with Gasteiger partial charge in [0.25, 0.3) is 0 Å². The molecule has 29 heavy (non-hydrogen) atoms. The third kappa shape index (κ3) is 3.91. The van der Waals surface area contributed by atoms with Crippen LogP contribution in [0.15, 0.2) is 30.3 Å². The van der Waals surface area contributed by atoms with Crippen molar-refractivity contribution in [2.75, 3.05) is 16.8 Å². The van der Waals surface area contributed by atoms with Crippen molar-refractivity contribution in [3.63, 3.8) is 0 Å². The molecule has 1 aliphatic heterocycles. The van der Waals surface area contributed by atoms with Crippen LogP contribution in [0.4, 0.5) is 10.2 Å². The maximum Gasteiger partial charge on any atom is 0.152 e. The lowest BCUT2D eigenvalue weighted by Crippen LogP contribution is -2.16. The SMILES string of the molecule is Cc1cc(NCc2c(C)nn(-c3ccc(F)cc3)c2C)n(C2CCS(=O)(=O)C2)n1. The molecule has 1 aromatic carbocycles. The van der Waals surface area contributed by atoms with Crippen molar-refractivity contribution in [3.05, 3.63) is 58.8 Å². The Morgan fingerprint density at radius 1 is 1.17 bits per heavy atom. The van der Waals surface area contributed by atoms with E-state index in [1.54, 1.807) is 21.5 Å². The van der Waals surface area contributed by atoms with E-state index in [9.17, 15) is 12.8 Å². The highest BCUT2D eigenvalue weighted by molar-refractivity contribution is 7.91. The Balaban J connectivity index is 1.57. The van der Waals surface area contributed by atoms with E-state index in [-0.39, 0.29) is 23.4 Å². The summed E-state index contributed by atoms with van der Waals surface area (Å²) >= 11 is 0. The second-order valence-electron chi connectivity index (χ2n) is 7.56. The maximum absolute atomic E-state index is 13.2. The zero-order chi connectivity index (χ0) is 20.8. The van der Waals surface area contributed by atoms with Crippen LogP contribution in [-0.4, -0.2) is 39.5 Å². The van der Waals surface area contributed by atoms with Gasteiger partial charge in [-0.25, -0.2) is 22.2 Å². The molecule has 9 heteroatoms. The van der Waals surface area contributed by atoms with Crippen molar-refractivity contribution >= 4 is 15.7 Å². The minimum Gasteiger partial charge on any atom is -0.366 e. The molecule has 4 rings (SSSR count). The van der Waals surface area contributed by atoms with Crippen LogP contribution in [0.5, 0.6) is 0 Å². The van der Waals surface area contributed by atoms with Gasteiger partial charge in [0.1, 0.15) is 11.6 Å². The molecule has 2 aromatic heterocycles. The number of benzene rings is 1. The molecule has 1 unspecified atom stereocenters. The summed E-state index contributed by atoms with van der Waals surface area (Å²) in [6.45, 7) is 6.35. The zero-order valence-electron chi connectivity index (χ0n) is 16.7. The van der Waals surface area contributed by atoms with Crippen molar-refractivity contribution in [3.8, 4) is 5.69 Å². The lowest BCUT2D eigenvalue weighted by atomic mass is 10.2. The average molecular weight is 418 g/mol. The summed E-state index contributed by atoms with van der Waals surface area (Å²) in [6.07, 6.45) is 0.582. The number of nitrogens with one attached hydrogen (secondary N) is 1. The third-order valence-corrected chi connectivity index (χ3v) is 7.12. The predicted molar refractivity (Wildman–Crippen MR) is 110 cm³/mol. The predicted octanol–water partition coefficient (Wildman–Crippen LogP) is 3.10. The van der Waals surface area contributed by atoms with E-state index in [0.717, 1.165) is 34.2 Å². The molecule has 3 aromatic rings. The van der Waals surface area contributed by atoms with Crippen molar-refractivity contribution in [2.24, 2.45) is 0 Å². The maximum atomic E-state index is 13.2. The summed E-state index contributed by atoms with van der Waals surface area (Å²) in [5, 5.41) is 12.5. The Morgan fingerprint density at radius 2 is 1.90 bits per heavy atom. The Labute approximate surface area is 169 Å². The molecule has 0 spiro atoms. The molecule has 1 N–H and O–H groups in total. The Morgan fingerprint density at radius 3 is 2.55 bits per heavy atom. The summed E-state index contributed by atoms with van der Waals surface area (Å²) in [5.41, 5.74) is 4.53. The molecule has 154 valence electrons. The number of hydrogen-bond acceptors (Lipinski definition) is 5. The first-order valence-corrected chi connectivity index (χ1v) is 11.4. The molecular weight excluding hydrogens is 393 g/mol. The Kier molecular flexibility index (Phi) is 4.94. The van der Waals surface area contributed by atoms with Crippen LogP contribution in [0.3, 0.4) is 0 Å². The number of aryl methyl sites for hydroxylation is 2. The fourth-order valence-corrected chi connectivity index (χ4v) is 5.53. The summed E-state index contributed by atoms with van der Waals surface area (Å²) in [5.74, 6) is 0.856. The standard InChI is InChI=1S/C20H24FN5O2S/c1-13-10-20(26(23-13)18-8-9-29(27,28)12-18)22-11-19-14(2)24-25(15(19)3)17-6-4-16(21)5-7-17/h4-7,10,18,22H,8-9,11-12H2,1-3H3. The van der Waals surface area contributed by atoms with Crippen molar-refractivity contribution in [1.29, 1.82) is 0 Å². The largest absolute Gasteiger partial charge is 0.366 e. The van der Waals surface area contributed by atoms with E-state index in [2.05, 4.69) is 15.5 Å². The quantitative estimate of drug-likeness (QED) is 0.690. The van der Waals surface area contributed by atoms with Crippen molar-refractivity contribution < 1.29 is 12.8 Å². The number of hydrogen-bond donors (Lipinski definition) is 1. The molecule has 0 amide bonds. The van der Waals surface area contributed by atoms with Gasteiger partial charge in [-0.15, -0.1) is 0 Å². The monoisotopic (exact) mass is 417 g/mol. The molecule has 1 saturated heterocycles. The van der Waals surface area contributed by atoms with Gasteiger partial charge in [0, 0.05) is 23.9 Å². The molecule has 0 aliphatic carbocycles. The molecule has 0 bridgehead atoms. The number of sulfone groups is 1. The van der Waals surface area contributed by atoms with Gasteiger partial charge in [0.05, 0.1) is 34.6 Å². The first-order chi connectivity index (χ1) is 13.7. The minimum atomic E-state index is -2.99. The van der Waals surface area contributed by atoms with Gasteiger partial charge in [-0.3, -0.25) is 0 Å². The zero-order valence-corrected chi connectivity index (χ0v) is 17.5. The van der Waals surface area contributed by atoms with E-state index in [0.29, 0.717) is 13.0 Å². The summed E-state index contributed by atoms with van der Waals surface area (Å²) in [7, 11) is -2.99. The Hall–Kier alpha value is -2.68. The minimum absolute atomic E-state index is 0.128. The van der Waals surface area contributed by atoms with E-state index in [1.165, 1.54) is 12.1 Å². The topological polar surface area (TPSA) is 81.8 Å². The Bertz CT molecular complexity index is 1150. The first-order valence-electron chi connectivity index (χ1n) is 9.55. The molecule has 1 fully saturated rings. The fraction of sp³-hybridized carbons (Fsp3) is 0.400. The van der Waals surface area contributed by atoms with Crippen molar-refractivity contribution in [1.82, 2.24) is 19.6 Å². The fourth-order valence-electron chi connectivity index (χ4n) is 3.84. The normalized spacial score (nSPS) is 18.3. The third-order valence-electron chi connectivity index (χ3n) is 5.37. The van der Waals surface area contributed by atoms with Gasteiger partial charge in [-0.05, 0) is 51.5 Å². The molecule has 1 atom stereocenters. The van der Waals surface area contributed by atoms with Gasteiger partial charge in [0.2, 0.25) is 0 Å². The smallest absolute Gasteiger partial charge is 0.152 e. The van der Waals surface area contributed by atoms with Crippen LogP contribution in [0.25, 0.3) is 5.69 Å². The van der Waals surface area contributed by atoms with E-state index in [4.69, 9.17) is 0 Å². The van der Waals surface area contributed by atoms with Crippen LogP contribution < -0.4 is 5.32 Å². The highest BCUT2D eigenvalue weighted by Gasteiger charge is 2.31. The average Bonchev–Trinajstić information content (AvgIpc) is 3.30. The number of rotatable bonds is 5. The lowest BCUT2D eigenvalue weighted by molar-refractivity contribution is 0.501.